The lowest BCUT2D eigenvalue weighted by Crippen LogP contribution is -2.57. The van der Waals surface area contributed by atoms with Gasteiger partial charge in [0.25, 0.3) is 11.1 Å². The molecule has 1 N–H and O–H groups in total. The first-order chi connectivity index (χ1) is 9.40. The van der Waals surface area contributed by atoms with E-state index in [1.165, 1.54) is 6.92 Å². The van der Waals surface area contributed by atoms with Gasteiger partial charge in [0.05, 0.1) is 13.2 Å². The Morgan fingerprint density at radius 3 is 2.85 bits per heavy atom. The number of hydrogen-bond donors (Lipinski definition) is 1. The Labute approximate surface area is 120 Å². The van der Waals surface area contributed by atoms with Crippen molar-refractivity contribution in [3.8, 4) is 0 Å². The summed E-state index contributed by atoms with van der Waals surface area (Å²) >= 11 is 4.84. The SMILES string of the molecule is CCOC(=O)[C@@]1(C)OC(=S)N[C@H]1C(=O)N1CCOC1=O. The number of amides is 2. The molecule has 0 spiro atoms. The molecule has 0 saturated carbocycles. The number of nitrogens with zero attached hydrogens (tertiary/aromatic N) is 1. The lowest BCUT2D eigenvalue weighted by Gasteiger charge is -2.26. The Bertz CT molecular complexity index is 482. The lowest BCUT2D eigenvalue weighted by atomic mass is 9.96. The molecule has 0 aromatic rings. The number of thiocarbonyl (C=S) groups is 1. The van der Waals surface area contributed by atoms with Gasteiger partial charge in [0.2, 0.25) is 5.60 Å². The van der Waals surface area contributed by atoms with Crippen molar-refractivity contribution in [2.75, 3.05) is 19.8 Å². The number of carbonyl (C=O) groups excluding carboxylic acids is 3. The number of nitrogens with one attached hydrogen (secondary N) is 1. The largest absolute Gasteiger partial charge is 0.463 e. The predicted molar refractivity (Wildman–Crippen MR) is 68.7 cm³/mol. The van der Waals surface area contributed by atoms with Gasteiger partial charge in [0.15, 0.2) is 6.04 Å². The van der Waals surface area contributed by atoms with Gasteiger partial charge in [-0.25, -0.2) is 14.5 Å². The second-order valence-corrected chi connectivity index (χ2v) is 4.77. The van der Waals surface area contributed by atoms with Crippen molar-refractivity contribution in [3.63, 3.8) is 0 Å². The molecule has 110 valence electrons. The van der Waals surface area contributed by atoms with E-state index >= 15 is 0 Å². The minimum absolute atomic E-state index is 0.0912. The van der Waals surface area contributed by atoms with Crippen LogP contribution in [0.15, 0.2) is 0 Å². The van der Waals surface area contributed by atoms with E-state index in [4.69, 9.17) is 26.4 Å². The summed E-state index contributed by atoms with van der Waals surface area (Å²) in [5.74, 6) is -1.36. The average molecular weight is 302 g/mol. The third kappa shape index (κ3) is 2.28. The highest BCUT2D eigenvalue weighted by Gasteiger charge is 2.56. The molecule has 0 radical (unpaired) electrons. The van der Waals surface area contributed by atoms with E-state index in [0.717, 1.165) is 4.90 Å². The smallest absolute Gasteiger partial charge is 0.416 e. The first-order valence-electron chi connectivity index (χ1n) is 6.05. The van der Waals surface area contributed by atoms with Crippen molar-refractivity contribution in [2.24, 2.45) is 0 Å². The highest BCUT2D eigenvalue weighted by atomic mass is 32.1. The summed E-state index contributed by atoms with van der Waals surface area (Å²) in [4.78, 5) is 36.7. The zero-order valence-corrected chi connectivity index (χ0v) is 11.8. The molecule has 8 nitrogen and oxygen atoms in total. The highest BCUT2D eigenvalue weighted by molar-refractivity contribution is 7.80. The van der Waals surface area contributed by atoms with Gasteiger partial charge in [-0.3, -0.25) is 4.79 Å². The van der Waals surface area contributed by atoms with E-state index in [2.05, 4.69) is 5.32 Å². The molecule has 2 aliphatic heterocycles. The number of esters is 1. The number of cyclic esters (lactones) is 1. The van der Waals surface area contributed by atoms with Crippen LogP contribution < -0.4 is 5.32 Å². The molecule has 0 unspecified atom stereocenters. The van der Waals surface area contributed by atoms with Crippen molar-refractivity contribution in [2.45, 2.75) is 25.5 Å². The van der Waals surface area contributed by atoms with Gasteiger partial charge in [-0.15, -0.1) is 0 Å². The van der Waals surface area contributed by atoms with Crippen LogP contribution in [0.2, 0.25) is 0 Å². The van der Waals surface area contributed by atoms with E-state index in [-0.39, 0.29) is 24.9 Å². The molecule has 20 heavy (non-hydrogen) atoms. The Morgan fingerprint density at radius 2 is 2.30 bits per heavy atom. The zero-order valence-electron chi connectivity index (χ0n) is 11.0. The van der Waals surface area contributed by atoms with Crippen LogP contribution in [0.3, 0.4) is 0 Å². The van der Waals surface area contributed by atoms with Crippen molar-refractivity contribution in [1.82, 2.24) is 10.2 Å². The summed E-state index contributed by atoms with van der Waals surface area (Å²) in [6.07, 6.45) is -0.749. The van der Waals surface area contributed by atoms with Gasteiger partial charge in [-0.05, 0) is 26.1 Å². The Kier molecular flexibility index (Phi) is 3.80. The summed E-state index contributed by atoms with van der Waals surface area (Å²) in [7, 11) is 0. The summed E-state index contributed by atoms with van der Waals surface area (Å²) in [6, 6.07) is -1.13. The monoisotopic (exact) mass is 302 g/mol. The zero-order chi connectivity index (χ0) is 14.9. The van der Waals surface area contributed by atoms with Crippen molar-refractivity contribution in [1.29, 1.82) is 0 Å². The molecule has 2 atom stereocenters. The molecule has 2 saturated heterocycles. The van der Waals surface area contributed by atoms with Gasteiger partial charge in [0.1, 0.15) is 6.61 Å². The molecule has 2 rings (SSSR count). The van der Waals surface area contributed by atoms with Gasteiger partial charge < -0.3 is 19.5 Å². The average Bonchev–Trinajstić information content (AvgIpc) is 2.93. The van der Waals surface area contributed by atoms with Gasteiger partial charge in [-0.2, -0.15) is 0 Å². The van der Waals surface area contributed by atoms with Crippen LogP contribution in [0.5, 0.6) is 0 Å². The van der Waals surface area contributed by atoms with Crippen molar-refractivity contribution < 1.29 is 28.6 Å². The van der Waals surface area contributed by atoms with Crippen LogP contribution in [0.4, 0.5) is 4.79 Å². The summed E-state index contributed by atoms with van der Waals surface area (Å²) in [6.45, 7) is 3.41. The number of carbonyl (C=O) groups is 3. The highest BCUT2D eigenvalue weighted by Crippen LogP contribution is 2.26. The minimum Gasteiger partial charge on any atom is -0.463 e. The van der Waals surface area contributed by atoms with Gasteiger partial charge in [-0.1, -0.05) is 0 Å². The van der Waals surface area contributed by atoms with E-state index in [9.17, 15) is 14.4 Å². The van der Waals surface area contributed by atoms with Crippen LogP contribution in [0.25, 0.3) is 0 Å². The molecule has 0 aromatic heterocycles. The van der Waals surface area contributed by atoms with Gasteiger partial charge >= 0.3 is 12.1 Å². The second kappa shape index (κ2) is 5.23. The van der Waals surface area contributed by atoms with E-state index in [1.54, 1.807) is 6.92 Å². The number of ether oxygens (including phenoxy) is 3. The van der Waals surface area contributed by atoms with Crippen molar-refractivity contribution in [3.05, 3.63) is 0 Å². The Morgan fingerprint density at radius 1 is 1.60 bits per heavy atom. The number of imide groups is 1. The fourth-order valence-corrected chi connectivity index (χ4v) is 2.31. The molecule has 2 heterocycles. The molecule has 0 aliphatic carbocycles. The Hall–Kier alpha value is -1.90. The van der Waals surface area contributed by atoms with Gasteiger partial charge in [0, 0.05) is 0 Å². The van der Waals surface area contributed by atoms with E-state index in [0.29, 0.717) is 0 Å². The second-order valence-electron chi connectivity index (χ2n) is 4.40. The van der Waals surface area contributed by atoms with Crippen molar-refractivity contribution >= 4 is 35.4 Å². The topological polar surface area (TPSA) is 94.2 Å². The minimum atomic E-state index is -1.60. The molecular weight excluding hydrogens is 288 g/mol. The third-order valence-electron chi connectivity index (χ3n) is 3.07. The maximum atomic E-state index is 12.3. The quantitative estimate of drug-likeness (QED) is 0.554. The molecule has 2 amide bonds. The molecule has 0 aromatic carbocycles. The number of hydrogen-bond acceptors (Lipinski definition) is 7. The molecule has 2 aliphatic rings. The summed E-state index contributed by atoms with van der Waals surface area (Å²) < 4.78 is 14.8. The number of rotatable bonds is 3. The molecule has 0 bridgehead atoms. The predicted octanol–water partition coefficient (Wildman–Crippen LogP) is -0.440. The van der Waals surface area contributed by atoms with E-state index < -0.39 is 29.6 Å². The summed E-state index contributed by atoms with van der Waals surface area (Å²) in [5.41, 5.74) is -1.60. The maximum absolute atomic E-state index is 12.3. The van der Waals surface area contributed by atoms with Crippen LogP contribution in [0, 0.1) is 0 Å². The molecular formula is C11H14N2O6S. The standard InChI is InChI=1S/C11H14N2O6S/c1-3-17-8(15)11(2)6(12-9(20)19-11)7(14)13-4-5-18-10(13)16/h6H,3-5H2,1-2H3,(H,12,20)/t6-,11-/m0/s1. The third-order valence-corrected chi connectivity index (χ3v) is 3.27. The fourth-order valence-electron chi connectivity index (χ4n) is 2.02. The fraction of sp³-hybridized carbons (Fsp3) is 0.636. The first kappa shape index (κ1) is 14.5. The van der Waals surface area contributed by atoms with Crippen LogP contribution in [-0.4, -0.2) is 59.4 Å². The lowest BCUT2D eigenvalue weighted by molar-refractivity contribution is -0.164. The van der Waals surface area contributed by atoms with Crippen LogP contribution in [0.1, 0.15) is 13.8 Å². The molecule has 2 fully saturated rings. The Balaban J connectivity index is 2.23. The maximum Gasteiger partial charge on any atom is 0.416 e. The summed E-state index contributed by atoms with van der Waals surface area (Å²) in [5, 5.41) is 2.50. The first-order valence-corrected chi connectivity index (χ1v) is 6.46. The van der Waals surface area contributed by atoms with Crippen LogP contribution in [-0.2, 0) is 23.8 Å². The van der Waals surface area contributed by atoms with E-state index in [1.807, 2.05) is 0 Å². The normalized spacial score (nSPS) is 28.7. The molecule has 9 heteroatoms. The van der Waals surface area contributed by atoms with Crippen LogP contribution >= 0.6 is 12.2 Å².